The van der Waals surface area contributed by atoms with Gasteiger partial charge in [-0.3, -0.25) is 4.21 Å². The highest BCUT2D eigenvalue weighted by molar-refractivity contribution is 7.84. The lowest BCUT2D eigenvalue weighted by Crippen LogP contribution is -2.04. The predicted molar refractivity (Wildman–Crippen MR) is 60.6 cm³/mol. The summed E-state index contributed by atoms with van der Waals surface area (Å²) >= 11 is 0. The van der Waals surface area contributed by atoms with Crippen molar-refractivity contribution in [3.8, 4) is 11.5 Å². The first-order chi connectivity index (χ1) is 7.70. The van der Waals surface area contributed by atoms with Gasteiger partial charge in [0.2, 0.25) is 0 Å². The normalized spacial score (nSPS) is 20.2. The molecule has 0 bridgehead atoms. The van der Waals surface area contributed by atoms with Crippen LogP contribution in [0.2, 0.25) is 0 Å². The lowest BCUT2D eigenvalue weighted by molar-refractivity contribution is 0.262. The second-order valence-corrected chi connectivity index (χ2v) is 4.88. The molecular weight excluding hydrogens is 228 g/mol. The van der Waals surface area contributed by atoms with Crippen LogP contribution in [0.3, 0.4) is 0 Å². The molecule has 0 spiro atoms. The highest BCUT2D eigenvalue weighted by Crippen LogP contribution is 2.27. The van der Waals surface area contributed by atoms with E-state index in [-0.39, 0.29) is 6.10 Å². The Balaban J connectivity index is 2.13. The number of hydrogen-bond acceptors (Lipinski definition) is 4. The summed E-state index contributed by atoms with van der Waals surface area (Å²) in [6.07, 6.45) is 1.84. The lowest BCUT2D eigenvalue weighted by atomic mass is 10.3. The fourth-order valence-corrected chi connectivity index (χ4v) is 2.04. The second-order valence-electron chi connectivity index (χ2n) is 3.53. The zero-order chi connectivity index (χ0) is 11.5. The van der Waals surface area contributed by atoms with Gasteiger partial charge < -0.3 is 14.2 Å². The quantitative estimate of drug-likeness (QED) is 0.728. The number of ether oxygens (including phenoxy) is 3. The Labute approximate surface area is 97.0 Å². The van der Waals surface area contributed by atoms with E-state index in [1.807, 2.05) is 0 Å². The molecule has 88 valence electrons. The third-order valence-corrected chi connectivity index (χ3v) is 3.22. The van der Waals surface area contributed by atoms with Crippen molar-refractivity contribution in [1.29, 1.82) is 0 Å². The molecule has 1 heterocycles. The van der Waals surface area contributed by atoms with E-state index >= 15 is 0 Å². The minimum Gasteiger partial charge on any atom is -0.495 e. The Morgan fingerprint density at radius 3 is 2.88 bits per heavy atom. The summed E-state index contributed by atoms with van der Waals surface area (Å²) in [5.41, 5.74) is 0. The summed E-state index contributed by atoms with van der Waals surface area (Å²) in [7, 11) is 0.474. The van der Waals surface area contributed by atoms with Crippen molar-refractivity contribution in [3.05, 3.63) is 18.2 Å². The molecule has 0 amide bonds. The maximum atomic E-state index is 11.5. The van der Waals surface area contributed by atoms with Crippen molar-refractivity contribution >= 4 is 10.8 Å². The predicted octanol–water partition coefficient (Wildman–Crippen LogP) is 1.21. The van der Waals surface area contributed by atoms with Crippen LogP contribution >= 0.6 is 0 Å². The van der Waals surface area contributed by atoms with Gasteiger partial charge in [0.25, 0.3) is 0 Å². The van der Waals surface area contributed by atoms with E-state index in [1.54, 1.807) is 31.6 Å². The average molecular weight is 242 g/mol. The maximum absolute atomic E-state index is 11.5. The van der Waals surface area contributed by atoms with Crippen LogP contribution in [0, 0.1) is 0 Å². The van der Waals surface area contributed by atoms with Crippen LogP contribution in [0.25, 0.3) is 0 Å². The van der Waals surface area contributed by atoms with Crippen LogP contribution in [-0.4, -0.2) is 36.9 Å². The van der Waals surface area contributed by atoms with E-state index in [0.29, 0.717) is 23.0 Å². The maximum Gasteiger partial charge on any atom is 0.135 e. The van der Waals surface area contributed by atoms with Gasteiger partial charge in [0.05, 0.1) is 29.4 Å². The summed E-state index contributed by atoms with van der Waals surface area (Å²) in [5.74, 6) is 1.32. The van der Waals surface area contributed by atoms with E-state index in [9.17, 15) is 4.21 Å². The lowest BCUT2D eigenvalue weighted by Gasteiger charge is -2.09. The number of rotatable bonds is 5. The van der Waals surface area contributed by atoms with Crippen molar-refractivity contribution in [3.63, 3.8) is 0 Å². The topological polar surface area (TPSA) is 48.1 Å². The van der Waals surface area contributed by atoms with Crippen LogP contribution < -0.4 is 9.47 Å². The Morgan fingerprint density at radius 1 is 1.56 bits per heavy atom. The van der Waals surface area contributed by atoms with Gasteiger partial charge in [-0.25, -0.2) is 0 Å². The Kier molecular flexibility index (Phi) is 3.46. The average Bonchev–Trinajstić information content (AvgIpc) is 3.09. The molecule has 0 aromatic heterocycles. The second kappa shape index (κ2) is 4.84. The van der Waals surface area contributed by atoms with Crippen molar-refractivity contribution in [1.82, 2.24) is 0 Å². The van der Waals surface area contributed by atoms with Gasteiger partial charge in [-0.15, -0.1) is 0 Å². The molecule has 1 aliphatic rings. The molecule has 0 aliphatic carbocycles. The molecule has 16 heavy (non-hydrogen) atoms. The molecule has 2 atom stereocenters. The fraction of sp³-hybridized carbons (Fsp3) is 0.455. The van der Waals surface area contributed by atoms with Gasteiger partial charge >= 0.3 is 0 Å². The zero-order valence-corrected chi connectivity index (χ0v) is 10.1. The van der Waals surface area contributed by atoms with Crippen molar-refractivity contribution in [2.45, 2.75) is 11.0 Å². The number of epoxide rings is 1. The van der Waals surface area contributed by atoms with E-state index < -0.39 is 10.8 Å². The van der Waals surface area contributed by atoms with Crippen molar-refractivity contribution in [2.75, 3.05) is 26.6 Å². The SMILES string of the molecule is COc1ccc(OCC2CO2)cc1S(C)=O. The molecule has 1 saturated heterocycles. The number of methoxy groups -OCH3 is 1. The zero-order valence-electron chi connectivity index (χ0n) is 9.26. The smallest absolute Gasteiger partial charge is 0.135 e. The first-order valence-electron chi connectivity index (χ1n) is 4.96. The van der Waals surface area contributed by atoms with Gasteiger partial charge in [0.15, 0.2) is 0 Å². The highest BCUT2D eigenvalue weighted by atomic mass is 32.2. The molecule has 1 fully saturated rings. The summed E-state index contributed by atoms with van der Waals surface area (Å²) in [6, 6.07) is 5.31. The molecule has 1 aliphatic heterocycles. The van der Waals surface area contributed by atoms with Gasteiger partial charge in [-0.1, -0.05) is 0 Å². The summed E-state index contributed by atoms with van der Waals surface area (Å²) in [4.78, 5) is 0.650. The van der Waals surface area contributed by atoms with E-state index in [0.717, 1.165) is 6.61 Å². The van der Waals surface area contributed by atoms with Gasteiger partial charge in [0, 0.05) is 6.26 Å². The monoisotopic (exact) mass is 242 g/mol. The van der Waals surface area contributed by atoms with Crippen molar-refractivity contribution in [2.24, 2.45) is 0 Å². The Hall–Kier alpha value is -1.07. The molecular formula is C11H14O4S. The highest BCUT2D eigenvalue weighted by Gasteiger charge is 2.23. The standard InChI is InChI=1S/C11H14O4S/c1-13-10-4-3-8(5-11(10)16(2)12)14-6-9-7-15-9/h3-5,9H,6-7H2,1-2H3. The molecule has 0 radical (unpaired) electrons. The van der Waals surface area contributed by atoms with Crippen LogP contribution in [0.15, 0.2) is 23.1 Å². The van der Waals surface area contributed by atoms with Crippen LogP contribution in [-0.2, 0) is 15.5 Å². The molecule has 1 aromatic rings. The number of hydrogen-bond donors (Lipinski definition) is 0. The summed E-state index contributed by atoms with van der Waals surface area (Å²) < 4.78 is 27.2. The first-order valence-corrected chi connectivity index (χ1v) is 6.52. The molecule has 4 nitrogen and oxygen atoms in total. The van der Waals surface area contributed by atoms with Crippen LogP contribution in [0.1, 0.15) is 0 Å². The van der Waals surface area contributed by atoms with E-state index in [4.69, 9.17) is 14.2 Å². The molecule has 5 heteroatoms. The van der Waals surface area contributed by atoms with Crippen LogP contribution in [0.5, 0.6) is 11.5 Å². The van der Waals surface area contributed by atoms with Crippen molar-refractivity contribution < 1.29 is 18.4 Å². The molecule has 2 rings (SSSR count). The minimum absolute atomic E-state index is 0.220. The molecule has 1 aromatic carbocycles. The van der Waals surface area contributed by atoms with Gasteiger partial charge in [0.1, 0.15) is 24.2 Å². The Bertz CT molecular complexity index is 401. The minimum atomic E-state index is -1.09. The molecule has 0 N–H and O–H groups in total. The fourth-order valence-electron chi connectivity index (χ4n) is 1.32. The van der Waals surface area contributed by atoms with E-state index in [2.05, 4.69) is 0 Å². The van der Waals surface area contributed by atoms with Gasteiger partial charge in [-0.05, 0) is 18.2 Å². The van der Waals surface area contributed by atoms with E-state index in [1.165, 1.54) is 0 Å². The molecule has 0 saturated carbocycles. The van der Waals surface area contributed by atoms with Gasteiger partial charge in [-0.2, -0.15) is 0 Å². The third kappa shape index (κ3) is 2.74. The summed E-state index contributed by atoms with van der Waals surface area (Å²) in [6.45, 7) is 1.31. The molecule has 2 unspecified atom stereocenters. The Morgan fingerprint density at radius 2 is 2.31 bits per heavy atom. The third-order valence-electron chi connectivity index (χ3n) is 2.28. The van der Waals surface area contributed by atoms with Crippen LogP contribution in [0.4, 0.5) is 0 Å². The first kappa shape index (κ1) is 11.4. The number of benzene rings is 1. The summed E-state index contributed by atoms with van der Waals surface area (Å²) in [5, 5.41) is 0. The largest absolute Gasteiger partial charge is 0.495 e.